The molecule has 0 amide bonds. The van der Waals surface area contributed by atoms with Gasteiger partial charge in [-0.05, 0) is 37.1 Å². The van der Waals surface area contributed by atoms with Crippen LogP contribution < -0.4 is 0 Å². The molecule has 2 heteroatoms. The Morgan fingerprint density at radius 1 is 1.58 bits per heavy atom. The first-order valence-corrected chi connectivity index (χ1v) is 4.50. The maximum atomic E-state index is 9.42. The first kappa shape index (κ1) is 9.33. The predicted molar refractivity (Wildman–Crippen MR) is 54.3 cm³/mol. The average molecular weight is 227 g/mol. The third-order valence-electron chi connectivity index (χ3n) is 1.53. The summed E-state index contributed by atoms with van der Waals surface area (Å²) in [5.41, 5.74) is 1.96. The van der Waals surface area contributed by atoms with Crippen molar-refractivity contribution < 1.29 is 5.11 Å². The predicted octanol–water partition coefficient (Wildman–Crippen LogP) is 3.27. The molecule has 1 N–H and O–H groups in total. The molecular weight excluding hydrogens is 216 g/mol. The van der Waals surface area contributed by atoms with Gasteiger partial charge < -0.3 is 5.11 Å². The van der Waals surface area contributed by atoms with Gasteiger partial charge in [-0.3, -0.25) is 0 Å². The van der Waals surface area contributed by atoms with E-state index in [2.05, 4.69) is 22.5 Å². The SMILES string of the molecule is C=C(C)Cc1cc(Br)ccc1O. The van der Waals surface area contributed by atoms with Crippen LogP contribution in [-0.2, 0) is 6.42 Å². The van der Waals surface area contributed by atoms with Crippen LogP contribution in [0.1, 0.15) is 12.5 Å². The summed E-state index contributed by atoms with van der Waals surface area (Å²) in [4.78, 5) is 0. The molecule has 0 fully saturated rings. The van der Waals surface area contributed by atoms with E-state index in [-0.39, 0.29) is 0 Å². The lowest BCUT2D eigenvalue weighted by molar-refractivity contribution is 0.469. The van der Waals surface area contributed by atoms with Crippen molar-refractivity contribution in [2.75, 3.05) is 0 Å². The highest BCUT2D eigenvalue weighted by Gasteiger charge is 2.00. The van der Waals surface area contributed by atoms with Gasteiger partial charge in [-0.2, -0.15) is 0 Å². The fourth-order valence-electron chi connectivity index (χ4n) is 1.02. The van der Waals surface area contributed by atoms with Gasteiger partial charge in [-0.25, -0.2) is 0 Å². The molecule has 0 unspecified atom stereocenters. The molecule has 0 aliphatic rings. The third-order valence-corrected chi connectivity index (χ3v) is 2.03. The zero-order chi connectivity index (χ0) is 9.14. The number of benzene rings is 1. The quantitative estimate of drug-likeness (QED) is 0.768. The highest BCUT2D eigenvalue weighted by Crippen LogP contribution is 2.23. The molecule has 0 spiro atoms. The molecule has 0 saturated carbocycles. The Labute approximate surface area is 80.9 Å². The van der Waals surface area contributed by atoms with E-state index in [0.717, 1.165) is 22.0 Å². The van der Waals surface area contributed by atoms with E-state index < -0.39 is 0 Å². The van der Waals surface area contributed by atoms with Gasteiger partial charge in [-0.15, -0.1) is 0 Å². The molecule has 0 radical (unpaired) electrons. The van der Waals surface area contributed by atoms with Crippen LogP contribution in [-0.4, -0.2) is 5.11 Å². The average Bonchev–Trinajstić information content (AvgIpc) is 1.96. The Kier molecular flexibility index (Phi) is 2.93. The number of phenolic OH excluding ortho intramolecular Hbond substituents is 1. The summed E-state index contributed by atoms with van der Waals surface area (Å²) >= 11 is 3.35. The van der Waals surface area contributed by atoms with E-state index in [0.29, 0.717) is 5.75 Å². The summed E-state index contributed by atoms with van der Waals surface area (Å²) in [5.74, 6) is 0.334. The molecular formula is C10H11BrO. The summed E-state index contributed by atoms with van der Waals surface area (Å²) < 4.78 is 0.983. The van der Waals surface area contributed by atoms with Gasteiger partial charge >= 0.3 is 0 Å². The molecule has 1 aromatic rings. The lowest BCUT2D eigenvalue weighted by Crippen LogP contribution is -1.86. The summed E-state index contributed by atoms with van der Waals surface area (Å²) in [6, 6.07) is 5.41. The van der Waals surface area contributed by atoms with Crippen LogP contribution >= 0.6 is 15.9 Å². The molecule has 1 nitrogen and oxygen atoms in total. The summed E-state index contributed by atoms with van der Waals surface area (Å²) in [7, 11) is 0. The fraction of sp³-hybridized carbons (Fsp3) is 0.200. The van der Waals surface area contributed by atoms with Crippen molar-refractivity contribution in [3.8, 4) is 5.75 Å². The Morgan fingerprint density at radius 3 is 2.83 bits per heavy atom. The van der Waals surface area contributed by atoms with E-state index in [1.54, 1.807) is 6.07 Å². The standard InChI is InChI=1S/C10H11BrO/c1-7(2)5-8-6-9(11)3-4-10(8)12/h3-4,6,12H,1,5H2,2H3. The van der Waals surface area contributed by atoms with Crippen LogP contribution in [0.3, 0.4) is 0 Å². The van der Waals surface area contributed by atoms with Gasteiger partial charge in [0.2, 0.25) is 0 Å². The van der Waals surface area contributed by atoms with Crippen molar-refractivity contribution in [3.63, 3.8) is 0 Å². The second-order valence-electron chi connectivity index (χ2n) is 2.91. The monoisotopic (exact) mass is 226 g/mol. The Bertz CT molecular complexity index is 305. The van der Waals surface area contributed by atoms with E-state index >= 15 is 0 Å². The van der Waals surface area contributed by atoms with Crippen molar-refractivity contribution in [3.05, 3.63) is 40.4 Å². The fourth-order valence-corrected chi connectivity index (χ4v) is 1.43. The zero-order valence-corrected chi connectivity index (χ0v) is 8.56. The van der Waals surface area contributed by atoms with Crippen molar-refractivity contribution in [2.45, 2.75) is 13.3 Å². The molecule has 1 aromatic carbocycles. The van der Waals surface area contributed by atoms with Gasteiger partial charge in [0.1, 0.15) is 5.75 Å². The van der Waals surface area contributed by atoms with Crippen LogP contribution in [0.15, 0.2) is 34.8 Å². The van der Waals surface area contributed by atoms with E-state index in [9.17, 15) is 5.11 Å². The van der Waals surface area contributed by atoms with Crippen molar-refractivity contribution in [2.24, 2.45) is 0 Å². The maximum Gasteiger partial charge on any atom is 0.119 e. The second-order valence-corrected chi connectivity index (χ2v) is 3.82. The van der Waals surface area contributed by atoms with Crippen LogP contribution in [0.25, 0.3) is 0 Å². The topological polar surface area (TPSA) is 20.2 Å². The summed E-state index contributed by atoms with van der Waals surface area (Å²) in [5, 5.41) is 9.42. The molecule has 0 aliphatic heterocycles. The van der Waals surface area contributed by atoms with Crippen molar-refractivity contribution in [1.82, 2.24) is 0 Å². The minimum Gasteiger partial charge on any atom is -0.508 e. The first-order valence-electron chi connectivity index (χ1n) is 3.71. The number of rotatable bonds is 2. The summed E-state index contributed by atoms with van der Waals surface area (Å²) in [6.07, 6.45) is 0.727. The number of allylic oxidation sites excluding steroid dienone is 1. The number of hydrogen-bond donors (Lipinski definition) is 1. The number of hydrogen-bond acceptors (Lipinski definition) is 1. The maximum absolute atomic E-state index is 9.42. The van der Waals surface area contributed by atoms with Crippen LogP contribution in [0, 0.1) is 0 Å². The molecule has 1 rings (SSSR count). The largest absolute Gasteiger partial charge is 0.508 e. The number of phenols is 1. The molecule has 0 saturated heterocycles. The second kappa shape index (κ2) is 3.76. The van der Waals surface area contributed by atoms with Crippen molar-refractivity contribution in [1.29, 1.82) is 0 Å². The van der Waals surface area contributed by atoms with Gasteiger partial charge in [-0.1, -0.05) is 28.1 Å². The normalized spacial score (nSPS) is 9.83. The van der Waals surface area contributed by atoms with Crippen LogP contribution in [0.2, 0.25) is 0 Å². The smallest absolute Gasteiger partial charge is 0.119 e. The molecule has 0 aliphatic carbocycles. The Balaban J connectivity index is 2.97. The van der Waals surface area contributed by atoms with Gasteiger partial charge in [0.15, 0.2) is 0 Å². The molecule has 0 bridgehead atoms. The minimum atomic E-state index is 0.334. The number of halogens is 1. The van der Waals surface area contributed by atoms with Gasteiger partial charge in [0.05, 0.1) is 0 Å². The van der Waals surface area contributed by atoms with E-state index in [1.807, 2.05) is 19.1 Å². The van der Waals surface area contributed by atoms with E-state index in [4.69, 9.17) is 0 Å². The van der Waals surface area contributed by atoms with Gasteiger partial charge in [0.25, 0.3) is 0 Å². The Hall–Kier alpha value is -0.760. The van der Waals surface area contributed by atoms with Gasteiger partial charge in [0, 0.05) is 4.47 Å². The number of aromatic hydroxyl groups is 1. The van der Waals surface area contributed by atoms with E-state index in [1.165, 1.54) is 0 Å². The summed E-state index contributed by atoms with van der Waals surface area (Å²) in [6.45, 7) is 5.74. The van der Waals surface area contributed by atoms with Crippen LogP contribution in [0.5, 0.6) is 5.75 Å². The third kappa shape index (κ3) is 2.38. The van der Waals surface area contributed by atoms with Crippen molar-refractivity contribution >= 4 is 15.9 Å². The lowest BCUT2D eigenvalue weighted by atomic mass is 10.1. The molecule has 0 aromatic heterocycles. The highest BCUT2D eigenvalue weighted by molar-refractivity contribution is 9.10. The highest BCUT2D eigenvalue weighted by atomic mass is 79.9. The van der Waals surface area contributed by atoms with Crippen LogP contribution in [0.4, 0.5) is 0 Å². The lowest BCUT2D eigenvalue weighted by Gasteiger charge is -2.03. The zero-order valence-electron chi connectivity index (χ0n) is 6.97. The molecule has 64 valence electrons. The molecule has 12 heavy (non-hydrogen) atoms. The molecule has 0 atom stereocenters. The molecule has 0 heterocycles. The minimum absolute atomic E-state index is 0.334. The first-order chi connectivity index (χ1) is 5.59. The Morgan fingerprint density at radius 2 is 2.25 bits per heavy atom.